The average Bonchev–Trinajstić information content (AvgIpc) is 3.07. The minimum Gasteiger partial charge on any atom is -0.508 e. The van der Waals surface area contributed by atoms with Crippen molar-refractivity contribution in [1.82, 2.24) is 9.55 Å². The number of aromatic hydroxyl groups is 1. The SMILES string of the molecule is CCC1(O)C(=O)OCc2c1cc1n(c2=O)Cc2c-1nc1ccc(O)cc1c2C(=N)N. The number of phenolic OH excluding ortho intramolecular Hbond substituents is 1. The summed E-state index contributed by atoms with van der Waals surface area (Å²) in [5, 5.41) is 29.4. The van der Waals surface area contributed by atoms with Crippen molar-refractivity contribution < 1.29 is 19.7 Å². The Labute approximate surface area is 169 Å². The van der Waals surface area contributed by atoms with Gasteiger partial charge in [-0.2, -0.15) is 0 Å². The van der Waals surface area contributed by atoms with Gasteiger partial charge in [0.05, 0.1) is 29.0 Å². The van der Waals surface area contributed by atoms with Crippen LogP contribution in [0.3, 0.4) is 0 Å². The Morgan fingerprint density at radius 1 is 1.33 bits per heavy atom. The Kier molecular flexibility index (Phi) is 3.60. The van der Waals surface area contributed by atoms with Gasteiger partial charge in [0, 0.05) is 22.1 Å². The van der Waals surface area contributed by atoms with Crippen molar-refractivity contribution >= 4 is 22.7 Å². The molecular formula is C21H18N4O5. The van der Waals surface area contributed by atoms with Crippen molar-refractivity contribution in [2.24, 2.45) is 5.73 Å². The molecule has 4 heterocycles. The number of benzene rings is 1. The molecule has 0 saturated carbocycles. The van der Waals surface area contributed by atoms with E-state index in [-0.39, 0.29) is 47.8 Å². The third-order valence-corrected chi connectivity index (χ3v) is 5.94. The van der Waals surface area contributed by atoms with Crippen molar-refractivity contribution in [3.63, 3.8) is 0 Å². The first-order valence-electron chi connectivity index (χ1n) is 9.43. The van der Waals surface area contributed by atoms with Gasteiger partial charge in [-0.15, -0.1) is 0 Å². The van der Waals surface area contributed by atoms with Crippen LogP contribution in [0.2, 0.25) is 0 Å². The third-order valence-electron chi connectivity index (χ3n) is 5.94. The van der Waals surface area contributed by atoms with E-state index >= 15 is 0 Å². The van der Waals surface area contributed by atoms with Gasteiger partial charge in [-0.1, -0.05) is 6.92 Å². The number of ether oxygens (including phenoxy) is 1. The number of hydrogen-bond acceptors (Lipinski definition) is 7. The van der Waals surface area contributed by atoms with Crippen molar-refractivity contribution in [1.29, 1.82) is 5.41 Å². The second kappa shape index (κ2) is 5.90. The molecule has 1 unspecified atom stereocenters. The number of nitrogens with zero attached hydrogens (tertiary/aromatic N) is 2. The number of carbonyl (C=O) groups excluding carboxylic acids is 1. The fraction of sp³-hybridized carbons (Fsp3) is 0.238. The summed E-state index contributed by atoms with van der Waals surface area (Å²) in [7, 11) is 0. The minimum atomic E-state index is -1.91. The molecule has 2 aromatic heterocycles. The van der Waals surface area contributed by atoms with Crippen LogP contribution in [0.4, 0.5) is 0 Å². The fourth-order valence-electron chi connectivity index (χ4n) is 4.38. The molecule has 5 rings (SSSR count). The second-order valence-electron chi connectivity index (χ2n) is 7.53. The van der Waals surface area contributed by atoms with E-state index in [9.17, 15) is 19.8 Å². The van der Waals surface area contributed by atoms with Crippen LogP contribution in [0.1, 0.15) is 35.6 Å². The number of cyclic esters (lactones) is 1. The van der Waals surface area contributed by atoms with Gasteiger partial charge in [0.2, 0.25) is 0 Å². The highest BCUT2D eigenvalue weighted by Crippen LogP contribution is 2.40. The highest BCUT2D eigenvalue weighted by Gasteiger charge is 2.45. The Balaban J connectivity index is 1.86. The van der Waals surface area contributed by atoms with E-state index in [0.29, 0.717) is 33.4 Å². The van der Waals surface area contributed by atoms with Gasteiger partial charge in [0.15, 0.2) is 5.60 Å². The maximum atomic E-state index is 13.2. The molecule has 0 spiro atoms. The van der Waals surface area contributed by atoms with Crippen LogP contribution in [0.15, 0.2) is 29.1 Å². The lowest BCUT2D eigenvalue weighted by molar-refractivity contribution is -0.172. The highest BCUT2D eigenvalue weighted by molar-refractivity contribution is 6.10. The Morgan fingerprint density at radius 3 is 2.80 bits per heavy atom. The molecule has 0 radical (unpaired) electrons. The first-order chi connectivity index (χ1) is 14.3. The van der Waals surface area contributed by atoms with Crippen LogP contribution in [0.5, 0.6) is 5.75 Å². The van der Waals surface area contributed by atoms with Crippen LogP contribution in [-0.2, 0) is 28.3 Å². The van der Waals surface area contributed by atoms with Crippen LogP contribution in [0, 0.1) is 5.41 Å². The molecule has 0 saturated heterocycles. The predicted octanol–water partition coefficient (Wildman–Crippen LogP) is 1.07. The van der Waals surface area contributed by atoms with E-state index in [0.717, 1.165) is 0 Å². The molecule has 0 fully saturated rings. The van der Waals surface area contributed by atoms with Crippen molar-refractivity contribution in [3.8, 4) is 17.1 Å². The minimum absolute atomic E-state index is 0.0126. The number of esters is 1. The summed E-state index contributed by atoms with van der Waals surface area (Å²) >= 11 is 0. The third kappa shape index (κ3) is 2.20. The maximum Gasteiger partial charge on any atom is 0.343 e. The van der Waals surface area contributed by atoms with Gasteiger partial charge in [0.1, 0.15) is 18.2 Å². The van der Waals surface area contributed by atoms with E-state index in [4.69, 9.17) is 15.9 Å². The van der Waals surface area contributed by atoms with Crippen LogP contribution >= 0.6 is 0 Å². The second-order valence-corrected chi connectivity index (χ2v) is 7.53. The molecular weight excluding hydrogens is 388 g/mol. The molecule has 0 amide bonds. The molecule has 2 aliphatic rings. The molecule has 1 atom stereocenters. The number of carbonyl (C=O) groups is 1. The zero-order valence-electron chi connectivity index (χ0n) is 16.0. The van der Waals surface area contributed by atoms with Gasteiger partial charge in [-0.05, 0) is 30.7 Å². The fourth-order valence-corrected chi connectivity index (χ4v) is 4.38. The lowest BCUT2D eigenvalue weighted by atomic mass is 9.86. The number of pyridine rings is 2. The first kappa shape index (κ1) is 18.3. The summed E-state index contributed by atoms with van der Waals surface area (Å²) in [6.45, 7) is 1.55. The van der Waals surface area contributed by atoms with Crippen molar-refractivity contribution in [2.45, 2.75) is 32.1 Å². The number of nitrogens with two attached hydrogens (primary N) is 1. The number of nitrogens with one attached hydrogen (secondary N) is 1. The van der Waals surface area contributed by atoms with E-state index < -0.39 is 11.6 Å². The Bertz CT molecular complexity index is 1360. The Hall–Kier alpha value is -3.72. The summed E-state index contributed by atoms with van der Waals surface area (Å²) in [5.74, 6) is -0.983. The van der Waals surface area contributed by atoms with E-state index in [1.54, 1.807) is 19.1 Å². The summed E-state index contributed by atoms with van der Waals surface area (Å²) in [6.07, 6.45) is 0.0533. The number of hydrogen-bond donors (Lipinski definition) is 4. The topological polar surface area (TPSA) is 152 Å². The van der Waals surface area contributed by atoms with Gasteiger partial charge in [-0.3, -0.25) is 10.2 Å². The van der Waals surface area contributed by atoms with E-state index in [2.05, 4.69) is 4.98 Å². The molecule has 2 aliphatic heterocycles. The lowest BCUT2D eigenvalue weighted by Crippen LogP contribution is -2.44. The molecule has 0 aliphatic carbocycles. The average molecular weight is 406 g/mol. The van der Waals surface area contributed by atoms with Crippen molar-refractivity contribution in [3.05, 3.63) is 56.9 Å². The molecule has 30 heavy (non-hydrogen) atoms. The van der Waals surface area contributed by atoms with Gasteiger partial charge in [0.25, 0.3) is 5.56 Å². The van der Waals surface area contributed by atoms with Crippen LogP contribution in [0.25, 0.3) is 22.3 Å². The van der Waals surface area contributed by atoms with Crippen LogP contribution in [-0.4, -0.2) is 31.6 Å². The largest absolute Gasteiger partial charge is 0.508 e. The summed E-state index contributed by atoms with van der Waals surface area (Å²) in [6, 6.07) is 6.18. The lowest BCUT2D eigenvalue weighted by Gasteiger charge is -2.31. The van der Waals surface area contributed by atoms with Crippen molar-refractivity contribution in [2.75, 3.05) is 0 Å². The normalized spacial score (nSPS) is 19.2. The number of phenols is 1. The van der Waals surface area contributed by atoms with Gasteiger partial charge >= 0.3 is 5.97 Å². The zero-order chi connectivity index (χ0) is 21.4. The maximum absolute atomic E-state index is 13.2. The van der Waals surface area contributed by atoms with E-state index in [1.165, 1.54) is 16.7 Å². The zero-order valence-corrected chi connectivity index (χ0v) is 16.0. The number of nitrogen functional groups attached to an aromatic ring is 1. The number of fused-ring (bicyclic) bond motifs is 5. The first-order valence-corrected chi connectivity index (χ1v) is 9.43. The molecule has 5 N–H and O–H groups in total. The number of amidine groups is 1. The summed E-state index contributed by atoms with van der Waals surface area (Å²) in [5.41, 5.74) is 6.38. The highest BCUT2D eigenvalue weighted by atomic mass is 16.6. The number of aromatic nitrogens is 2. The standard InChI is InChI=1S/C21H18N4O5/c1-2-21(29)13-6-15-17-11(7-25(15)19(27)12(13)8-30-20(21)28)16(18(22)23)10-5-9(26)3-4-14(10)24-17/h3-6,26,29H,2,7-8H2,1H3,(H3,22,23). The Morgan fingerprint density at radius 2 is 2.10 bits per heavy atom. The number of rotatable bonds is 2. The monoisotopic (exact) mass is 406 g/mol. The molecule has 152 valence electrons. The molecule has 9 heteroatoms. The van der Waals surface area contributed by atoms with Gasteiger partial charge < -0.3 is 25.3 Å². The molecule has 1 aromatic carbocycles. The van der Waals surface area contributed by atoms with E-state index in [1.807, 2.05) is 0 Å². The summed E-state index contributed by atoms with van der Waals surface area (Å²) in [4.78, 5) is 30.1. The smallest absolute Gasteiger partial charge is 0.343 e. The molecule has 3 aromatic rings. The van der Waals surface area contributed by atoms with Crippen LogP contribution < -0.4 is 11.3 Å². The quantitative estimate of drug-likeness (QED) is 0.221. The van der Waals surface area contributed by atoms with Gasteiger partial charge in [-0.25, -0.2) is 9.78 Å². The number of aliphatic hydroxyl groups is 1. The predicted molar refractivity (Wildman–Crippen MR) is 107 cm³/mol. The molecule has 9 nitrogen and oxygen atoms in total. The summed E-state index contributed by atoms with van der Waals surface area (Å²) < 4.78 is 6.55. The molecule has 0 bridgehead atoms.